The zero-order chi connectivity index (χ0) is 16.1. The first-order valence-electron chi connectivity index (χ1n) is 6.80. The number of hydrogen-bond donors (Lipinski definition) is 1. The molecule has 0 unspecified atom stereocenters. The normalized spacial score (nSPS) is 12.6. The maximum absolute atomic E-state index is 11.7. The minimum Gasteiger partial charge on any atom is -0.454 e. The van der Waals surface area contributed by atoms with E-state index in [0.717, 1.165) is 10.5 Å². The summed E-state index contributed by atoms with van der Waals surface area (Å²) in [7, 11) is 0. The van der Waals surface area contributed by atoms with Gasteiger partial charge in [0.05, 0.1) is 12.0 Å². The van der Waals surface area contributed by atoms with E-state index in [2.05, 4.69) is 10.5 Å². The number of thioether (sulfide) groups is 1. The molecule has 0 atom stereocenters. The summed E-state index contributed by atoms with van der Waals surface area (Å²) in [6, 6.07) is 12.8. The Morgan fingerprint density at radius 3 is 2.83 bits per heavy atom. The van der Waals surface area contributed by atoms with Gasteiger partial charge in [-0.1, -0.05) is 11.6 Å². The molecule has 0 bridgehead atoms. The zero-order valence-corrected chi connectivity index (χ0v) is 13.6. The van der Waals surface area contributed by atoms with Gasteiger partial charge >= 0.3 is 0 Å². The fourth-order valence-electron chi connectivity index (χ4n) is 1.88. The molecule has 0 saturated heterocycles. The van der Waals surface area contributed by atoms with Crippen LogP contribution < -0.4 is 14.9 Å². The number of carbonyl (C=O) groups is 1. The van der Waals surface area contributed by atoms with E-state index in [4.69, 9.17) is 21.1 Å². The number of rotatable bonds is 5. The third-order valence-electron chi connectivity index (χ3n) is 2.98. The molecule has 1 aliphatic heterocycles. The average Bonchev–Trinajstić information content (AvgIpc) is 3.02. The van der Waals surface area contributed by atoms with E-state index in [-0.39, 0.29) is 18.5 Å². The number of hydrogen-bond acceptors (Lipinski definition) is 5. The van der Waals surface area contributed by atoms with Crippen molar-refractivity contribution in [3.8, 4) is 11.5 Å². The van der Waals surface area contributed by atoms with Crippen molar-refractivity contribution in [2.45, 2.75) is 4.90 Å². The molecule has 0 aliphatic carbocycles. The van der Waals surface area contributed by atoms with Crippen LogP contribution in [0.15, 0.2) is 52.5 Å². The third kappa shape index (κ3) is 4.40. The third-order valence-corrected chi connectivity index (χ3v) is 4.25. The molecule has 1 aliphatic rings. The van der Waals surface area contributed by atoms with Crippen molar-refractivity contribution >= 4 is 35.5 Å². The van der Waals surface area contributed by atoms with Crippen LogP contribution in [0.1, 0.15) is 5.56 Å². The fraction of sp³-hybridized carbons (Fsp3) is 0.125. The number of carbonyl (C=O) groups excluding carboxylic acids is 1. The van der Waals surface area contributed by atoms with Gasteiger partial charge in [-0.15, -0.1) is 11.8 Å². The van der Waals surface area contributed by atoms with Crippen LogP contribution >= 0.6 is 23.4 Å². The highest BCUT2D eigenvalue weighted by Crippen LogP contribution is 2.31. The van der Waals surface area contributed by atoms with Crippen molar-refractivity contribution in [2.24, 2.45) is 5.10 Å². The van der Waals surface area contributed by atoms with Gasteiger partial charge in [-0.05, 0) is 48.0 Å². The van der Waals surface area contributed by atoms with Crippen molar-refractivity contribution in [1.82, 2.24) is 5.43 Å². The van der Waals surface area contributed by atoms with Crippen molar-refractivity contribution in [3.05, 3.63) is 53.1 Å². The molecule has 1 heterocycles. The number of amides is 1. The van der Waals surface area contributed by atoms with Gasteiger partial charge in [-0.2, -0.15) is 5.10 Å². The van der Waals surface area contributed by atoms with Gasteiger partial charge < -0.3 is 9.47 Å². The topological polar surface area (TPSA) is 59.9 Å². The van der Waals surface area contributed by atoms with Gasteiger partial charge in [-0.25, -0.2) is 5.43 Å². The molecule has 23 heavy (non-hydrogen) atoms. The number of halogens is 1. The lowest BCUT2D eigenvalue weighted by atomic mass is 10.2. The van der Waals surface area contributed by atoms with Gasteiger partial charge in [-0.3, -0.25) is 4.79 Å². The summed E-state index contributed by atoms with van der Waals surface area (Å²) < 4.78 is 10.5. The number of hydrazone groups is 1. The van der Waals surface area contributed by atoms with Crippen LogP contribution in [0.4, 0.5) is 0 Å². The number of benzene rings is 2. The minimum absolute atomic E-state index is 0.179. The summed E-state index contributed by atoms with van der Waals surface area (Å²) in [5, 5.41) is 4.61. The first-order valence-corrected chi connectivity index (χ1v) is 8.17. The summed E-state index contributed by atoms with van der Waals surface area (Å²) in [4.78, 5) is 12.7. The van der Waals surface area contributed by atoms with Crippen LogP contribution in [0.3, 0.4) is 0 Å². The lowest BCUT2D eigenvalue weighted by Crippen LogP contribution is -2.19. The molecule has 1 amide bonds. The van der Waals surface area contributed by atoms with Crippen LogP contribution in [-0.4, -0.2) is 24.7 Å². The summed E-state index contributed by atoms with van der Waals surface area (Å²) >= 11 is 7.23. The van der Waals surface area contributed by atoms with Crippen LogP contribution in [0, 0.1) is 0 Å². The molecule has 118 valence electrons. The Hall–Kier alpha value is -2.18. The number of fused-ring (bicyclic) bond motifs is 1. The molecule has 5 nitrogen and oxygen atoms in total. The molecule has 3 rings (SSSR count). The average molecular weight is 349 g/mol. The van der Waals surface area contributed by atoms with Crippen molar-refractivity contribution < 1.29 is 14.3 Å². The Kier molecular flexibility index (Phi) is 5.05. The number of nitrogens with one attached hydrogen (secondary N) is 1. The molecular weight excluding hydrogens is 336 g/mol. The summed E-state index contributed by atoms with van der Waals surface area (Å²) in [5.74, 6) is 1.49. The van der Waals surface area contributed by atoms with Crippen molar-refractivity contribution in [2.75, 3.05) is 12.5 Å². The van der Waals surface area contributed by atoms with Gasteiger partial charge in [0.1, 0.15) is 0 Å². The second kappa shape index (κ2) is 7.39. The maximum atomic E-state index is 11.7. The second-order valence-corrected chi connectivity index (χ2v) is 6.13. The Morgan fingerprint density at radius 1 is 1.22 bits per heavy atom. The van der Waals surface area contributed by atoms with E-state index in [1.807, 2.05) is 24.3 Å². The summed E-state index contributed by atoms with van der Waals surface area (Å²) in [6.07, 6.45) is 1.56. The van der Waals surface area contributed by atoms with E-state index in [1.54, 1.807) is 24.4 Å². The van der Waals surface area contributed by atoms with E-state index in [1.165, 1.54) is 11.8 Å². The molecule has 0 spiro atoms. The standard InChI is InChI=1S/C16H13ClN2O3S/c17-12-2-4-13(5-3-12)23-9-16(20)19-18-8-11-1-6-14-15(7-11)22-10-21-14/h1-8H,9-10H2,(H,19,20). The Balaban J connectivity index is 1.47. The van der Waals surface area contributed by atoms with E-state index in [9.17, 15) is 4.79 Å². The predicted octanol–water partition coefficient (Wildman–Crippen LogP) is 3.31. The molecule has 1 N–H and O–H groups in total. The lowest BCUT2D eigenvalue weighted by Gasteiger charge is -2.01. The maximum Gasteiger partial charge on any atom is 0.250 e. The smallest absolute Gasteiger partial charge is 0.250 e. The molecule has 2 aromatic carbocycles. The molecule has 7 heteroatoms. The highest BCUT2D eigenvalue weighted by molar-refractivity contribution is 8.00. The lowest BCUT2D eigenvalue weighted by molar-refractivity contribution is -0.118. The van der Waals surface area contributed by atoms with Crippen LogP contribution in [0.5, 0.6) is 11.5 Å². The monoisotopic (exact) mass is 348 g/mol. The Morgan fingerprint density at radius 2 is 2.00 bits per heavy atom. The molecule has 0 saturated carbocycles. The highest BCUT2D eigenvalue weighted by Gasteiger charge is 2.12. The summed E-state index contributed by atoms with van der Waals surface area (Å²) in [5.41, 5.74) is 3.31. The van der Waals surface area contributed by atoms with Gasteiger partial charge in [0.25, 0.3) is 0 Å². The first kappa shape index (κ1) is 15.7. The molecule has 0 fully saturated rings. The summed E-state index contributed by atoms with van der Waals surface area (Å²) in [6.45, 7) is 0.231. The molecular formula is C16H13ClN2O3S. The van der Waals surface area contributed by atoms with Crippen molar-refractivity contribution in [1.29, 1.82) is 0 Å². The second-order valence-electron chi connectivity index (χ2n) is 4.65. The van der Waals surface area contributed by atoms with Crippen LogP contribution in [0.2, 0.25) is 5.02 Å². The molecule has 0 radical (unpaired) electrons. The van der Waals surface area contributed by atoms with Gasteiger partial charge in [0.15, 0.2) is 11.5 Å². The van der Waals surface area contributed by atoms with Crippen LogP contribution in [-0.2, 0) is 4.79 Å². The SMILES string of the molecule is O=C(CSc1ccc(Cl)cc1)NN=Cc1ccc2c(c1)OCO2. The van der Waals surface area contributed by atoms with Crippen LogP contribution in [0.25, 0.3) is 0 Å². The number of nitrogens with zero attached hydrogens (tertiary/aromatic N) is 1. The Bertz CT molecular complexity index is 735. The van der Waals surface area contributed by atoms with Gasteiger partial charge in [0.2, 0.25) is 12.7 Å². The van der Waals surface area contributed by atoms with Gasteiger partial charge in [0, 0.05) is 9.92 Å². The predicted molar refractivity (Wildman–Crippen MR) is 90.5 cm³/mol. The first-order chi connectivity index (χ1) is 11.2. The van der Waals surface area contributed by atoms with E-state index in [0.29, 0.717) is 16.5 Å². The quantitative estimate of drug-likeness (QED) is 0.511. The van der Waals surface area contributed by atoms with E-state index < -0.39 is 0 Å². The largest absolute Gasteiger partial charge is 0.454 e. The number of ether oxygens (including phenoxy) is 2. The molecule has 0 aromatic heterocycles. The highest BCUT2D eigenvalue weighted by atomic mass is 35.5. The minimum atomic E-state index is -0.179. The Labute approximate surface area is 142 Å². The fourth-order valence-corrected chi connectivity index (χ4v) is 2.70. The van der Waals surface area contributed by atoms with E-state index >= 15 is 0 Å². The molecule has 2 aromatic rings. The van der Waals surface area contributed by atoms with Crippen molar-refractivity contribution in [3.63, 3.8) is 0 Å². The zero-order valence-electron chi connectivity index (χ0n) is 12.0.